The Labute approximate surface area is 172 Å². The highest BCUT2D eigenvalue weighted by Crippen LogP contribution is 2.39. The van der Waals surface area contributed by atoms with Gasteiger partial charge in [0.15, 0.2) is 9.84 Å². The zero-order valence-electron chi connectivity index (χ0n) is 15.3. The van der Waals surface area contributed by atoms with Crippen molar-refractivity contribution in [2.24, 2.45) is 0 Å². The van der Waals surface area contributed by atoms with Crippen LogP contribution in [0.25, 0.3) is 0 Å². The Bertz CT molecular complexity index is 1090. The van der Waals surface area contributed by atoms with Gasteiger partial charge >= 0.3 is 0 Å². The molecule has 2 aromatic heterocycles. The van der Waals surface area contributed by atoms with E-state index >= 15 is 0 Å². The largest absolute Gasteiger partial charge is 0.325 e. The van der Waals surface area contributed by atoms with E-state index in [0.29, 0.717) is 5.69 Å². The molecule has 0 saturated heterocycles. The Morgan fingerprint density at radius 3 is 2.79 bits per heavy atom. The molecule has 5 nitrogen and oxygen atoms in total. The first kappa shape index (κ1) is 19.3. The van der Waals surface area contributed by atoms with E-state index in [4.69, 9.17) is 0 Å². The third kappa shape index (κ3) is 4.05. The maximum Gasteiger partial charge on any atom is 0.238 e. The quantitative estimate of drug-likeness (QED) is 0.666. The number of nitrogens with zero attached hydrogens (tertiary/aromatic N) is 1. The summed E-state index contributed by atoms with van der Waals surface area (Å²) in [6, 6.07) is 12.8. The number of thiophene rings is 2. The third-order valence-electron chi connectivity index (χ3n) is 4.77. The van der Waals surface area contributed by atoms with E-state index < -0.39 is 9.84 Å². The number of hydrogen-bond donors (Lipinski definition) is 1. The highest BCUT2D eigenvalue weighted by Gasteiger charge is 2.31. The Morgan fingerprint density at radius 2 is 2.04 bits per heavy atom. The maximum atomic E-state index is 12.7. The van der Waals surface area contributed by atoms with Gasteiger partial charge in [-0.1, -0.05) is 12.1 Å². The second-order valence-corrected chi connectivity index (χ2v) is 10.8. The number of carbonyl (C=O) groups is 1. The van der Waals surface area contributed by atoms with E-state index in [1.54, 1.807) is 34.8 Å². The zero-order valence-corrected chi connectivity index (χ0v) is 17.7. The minimum Gasteiger partial charge on any atom is -0.325 e. The average molecular weight is 433 g/mol. The van der Waals surface area contributed by atoms with E-state index in [1.807, 2.05) is 6.07 Å². The van der Waals surface area contributed by atoms with Crippen LogP contribution in [0.4, 0.5) is 5.69 Å². The van der Waals surface area contributed by atoms with Crippen LogP contribution in [0, 0.1) is 0 Å². The van der Waals surface area contributed by atoms with Gasteiger partial charge in [0.1, 0.15) is 0 Å². The molecule has 0 radical (unpaired) electrons. The molecule has 146 valence electrons. The number of sulfone groups is 1. The van der Waals surface area contributed by atoms with Crippen LogP contribution in [0.3, 0.4) is 0 Å². The molecule has 1 amide bonds. The molecule has 28 heavy (non-hydrogen) atoms. The van der Waals surface area contributed by atoms with Gasteiger partial charge in [0.25, 0.3) is 0 Å². The number of carbonyl (C=O) groups excluding carboxylic acids is 1. The molecule has 0 bridgehead atoms. The van der Waals surface area contributed by atoms with E-state index in [9.17, 15) is 13.2 Å². The minimum atomic E-state index is -3.31. The standard InChI is InChI=1S/C20H20N2O3S3/c1-28(24,25)15-5-2-4-14(12-15)21-19(23)13-22-9-7-17-16(8-11-27-17)20(22)18-6-3-10-26-18/h2-6,8,10-12,20H,7,9,13H2,1H3,(H,21,23). The summed E-state index contributed by atoms with van der Waals surface area (Å²) in [7, 11) is -3.31. The van der Waals surface area contributed by atoms with Gasteiger partial charge in [-0.2, -0.15) is 0 Å². The molecule has 1 aliphatic heterocycles. The highest BCUT2D eigenvalue weighted by molar-refractivity contribution is 7.90. The van der Waals surface area contributed by atoms with Crippen LogP contribution in [0.1, 0.15) is 21.4 Å². The van der Waals surface area contributed by atoms with Crippen molar-refractivity contribution in [1.29, 1.82) is 0 Å². The monoisotopic (exact) mass is 432 g/mol. The second kappa shape index (κ2) is 7.79. The van der Waals surface area contributed by atoms with Crippen molar-refractivity contribution >= 4 is 44.1 Å². The van der Waals surface area contributed by atoms with Crippen LogP contribution in [0.2, 0.25) is 0 Å². The molecule has 3 aromatic rings. The summed E-state index contributed by atoms with van der Waals surface area (Å²) in [6.07, 6.45) is 2.09. The molecular formula is C20H20N2O3S3. The molecule has 0 fully saturated rings. The molecule has 1 aliphatic rings. The minimum absolute atomic E-state index is 0.0862. The fourth-order valence-corrected chi connectivity index (χ4v) is 5.96. The number of fused-ring (bicyclic) bond motifs is 1. The van der Waals surface area contributed by atoms with Gasteiger partial charge in [-0.25, -0.2) is 8.42 Å². The number of amides is 1. The summed E-state index contributed by atoms with van der Waals surface area (Å²) in [4.78, 5) is 17.7. The normalized spacial score (nSPS) is 17.2. The molecule has 1 atom stereocenters. The topological polar surface area (TPSA) is 66.5 Å². The summed E-state index contributed by atoms with van der Waals surface area (Å²) in [5, 5.41) is 7.02. The van der Waals surface area contributed by atoms with Crippen molar-refractivity contribution in [3.63, 3.8) is 0 Å². The van der Waals surface area contributed by atoms with Crippen LogP contribution in [-0.2, 0) is 21.1 Å². The van der Waals surface area contributed by atoms with Crippen LogP contribution >= 0.6 is 22.7 Å². The molecule has 0 saturated carbocycles. The summed E-state index contributed by atoms with van der Waals surface area (Å²) >= 11 is 3.47. The number of rotatable bonds is 5. The highest BCUT2D eigenvalue weighted by atomic mass is 32.2. The fraction of sp³-hybridized carbons (Fsp3) is 0.250. The predicted octanol–water partition coefficient (Wildman–Crippen LogP) is 3.80. The first-order chi connectivity index (χ1) is 13.4. The molecule has 0 spiro atoms. The molecule has 3 heterocycles. The Hall–Kier alpha value is -2.00. The second-order valence-electron chi connectivity index (χ2n) is 6.79. The summed E-state index contributed by atoms with van der Waals surface area (Å²) in [6.45, 7) is 1.06. The van der Waals surface area contributed by atoms with Crippen molar-refractivity contribution in [1.82, 2.24) is 4.90 Å². The van der Waals surface area contributed by atoms with Crippen molar-refractivity contribution in [2.45, 2.75) is 17.4 Å². The van der Waals surface area contributed by atoms with Gasteiger partial charge in [-0.05, 0) is 53.1 Å². The van der Waals surface area contributed by atoms with Gasteiger partial charge in [0.2, 0.25) is 5.91 Å². The first-order valence-electron chi connectivity index (χ1n) is 8.85. The van der Waals surface area contributed by atoms with Crippen molar-refractivity contribution in [3.8, 4) is 0 Å². The average Bonchev–Trinajstić information content (AvgIpc) is 3.32. The predicted molar refractivity (Wildman–Crippen MR) is 114 cm³/mol. The summed E-state index contributed by atoms with van der Waals surface area (Å²) in [5.41, 5.74) is 1.78. The summed E-state index contributed by atoms with van der Waals surface area (Å²) < 4.78 is 23.5. The van der Waals surface area contributed by atoms with Crippen LogP contribution in [0.5, 0.6) is 0 Å². The maximum absolute atomic E-state index is 12.7. The fourth-order valence-electron chi connectivity index (χ4n) is 3.51. The molecule has 1 unspecified atom stereocenters. The molecular weight excluding hydrogens is 412 g/mol. The van der Waals surface area contributed by atoms with Gasteiger partial charge in [0, 0.05) is 28.2 Å². The molecule has 8 heteroatoms. The van der Waals surface area contributed by atoms with E-state index in [-0.39, 0.29) is 23.4 Å². The van der Waals surface area contributed by atoms with Crippen LogP contribution in [-0.4, -0.2) is 38.6 Å². The van der Waals surface area contributed by atoms with Crippen LogP contribution < -0.4 is 5.32 Å². The molecule has 1 aromatic carbocycles. The van der Waals surface area contributed by atoms with Crippen molar-refractivity contribution in [3.05, 3.63) is 68.5 Å². The number of anilines is 1. The Morgan fingerprint density at radius 1 is 1.18 bits per heavy atom. The van der Waals surface area contributed by atoms with E-state index in [1.165, 1.54) is 27.5 Å². The van der Waals surface area contributed by atoms with Gasteiger partial charge in [-0.15, -0.1) is 22.7 Å². The number of hydrogen-bond acceptors (Lipinski definition) is 6. The molecule has 4 rings (SSSR count). The number of benzene rings is 1. The van der Waals surface area contributed by atoms with E-state index in [0.717, 1.165) is 19.2 Å². The Kier molecular flexibility index (Phi) is 5.37. The zero-order chi connectivity index (χ0) is 19.7. The van der Waals surface area contributed by atoms with Gasteiger partial charge in [-0.3, -0.25) is 9.69 Å². The molecule has 1 N–H and O–H groups in total. The first-order valence-corrected chi connectivity index (χ1v) is 12.5. The van der Waals surface area contributed by atoms with Gasteiger partial charge in [0.05, 0.1) is 17.5 Å². The Balaban J connectivity index is 1.53. The van der Waals surface area contributed by atoms with Crippen molar-refractivity contribution < 1.29 is 13.2 Å². The SMILES string of the molecule is CS(=O)(=O)c1cccc(NC(=O)CN2CCc3sccc3C2c2cccs2)c1. The van der Waals surface area contributed by atoms with Gasteiger partial charge < -0.3 is 5.32 Å². The van der Waals surface area contributed by atoms with E-state index in [2.05, 4.69) is 33.1 Å². The third-order valence-corrected chi connectivity index (χ3v) is 7.80. The lowest BCUT2D eigenvalue weighted by Gasteiger charge is -2.34. The molecule has 0 aliphatic carbocycles. The lowest BCUT2D eigenvalue weighted by Crippen LogP contribution is -2.40. The smallest absolute Gasteiger partial charge is 0.238 e. The lowest BCUT2D eigenvalue weighted by molar-refractivity contribution is -0.117. The van der Waals surface area contributed by atoms with Crippen LogP contribution in [0.15, 0.2) is 58.1 Å². The lowest BCUT2D eigenvalue weighted by atomic mass is 9.98. The summed E-state index contributed by atoms with van der Waals surface area (Å²) in [5.74, 6) is -0.147. The number of nitrogens with one attached hydrogen (secondary N) is 1. The van der Waals surface area contributed by atoms with Crippen molar-refractivity contribution in [2.75, 3.05) is 24.7 Å².